The minimum absolute atomic E-state index is 0.289. The van der Waals surface area contributed by atoms with Crippen molar-refractivity contribution in [3.05, 3.63) is 125 Å². The van der Waals surface area contributed by atoms with Crippen molar-refractivity contribution in [2.75, 3.05) is 7.11 Å². The van der Waals surface area contributed by atoms with E-state index in [-0.39, 0.29) is 11.4 Å². The van der Waals surface area contributed by atoms with Crippen LogP contribution in [0.3, 0.4) is 0 Å². The molecule has 1 N–H and O–H groups in total. The molecular weight excluding hydrogens is 469 g/mol. The van der Waals surface area contributed by atoms with E-state index in [9.17, 15) is 9.18 Å². The molecule has 4 aromatic carbocycles. The number of hydrogen-bond donors (Lipinski definition) is 1. The minimum atomic E-state index is -0.378. The smallest absolute Gasteiger partial charge is 0.280 e. The number of ether oxygens (including phenoxy) is 2. The maximum absolute atomic E-state index is 13.6. The molecule has 5 aromatic rings. The van der Waals surface area contributed by atoms with Crippen molar-refractivity contribution in [2.45, 2.75) is 6.92 Å². The van der Waals surface area contributed by atoms with E-state index < -0.39 is 0 Å². The fourth-order valence-corrected chi connectivity index (χ4v) is 3.97. The summed E-state index contributed by atoms with van der Waals surface area (Å²) in [6.07, 6.45) is 0. The summed E-state index contributed by atoms with van der Waals surface area (Å²) in [7, 11) is 1.60. The van der Waals surface area contributed by atoms with Crippen LogP contribution < -0.4 is 15.0 Å². The number of nitrogens with one attached hydrogen (secondary N) is 1. The topological polar surface area (TPSA) is 68.6 Å². The van der Waals surface area contributed by atoms with E-state index in [1.165, 1.54) is 16.8 Å². The SMILES string of the molecule is COc1ccc(-c2[nH]n(-c3ccc(F)cc3)c(=O)c2C(C)=Nc2ccc(Oc3ccccc3)cc2)cc1. The number of aromatic amines is 1. The molecule has 0 aliphatic rings. The summed E-state index contributed by atoms with van der Waals surface area (Å²) < 4.78 is 26.0. The lowest BCUT2D eigenvalue weighted by molar-refractivity contribution is 0.415. The largest absolute Gasteiger partial charge is 0.497 e. The van der Waals surface area contributed by atoms with Crippen molar-refractivity contribution in [2.24, 2.45) is 4.99 Å². The van der Waals surface area contributed by atoms with Gasteiger partial charge in [0.25, 0.3) is 5.56 Å². The van der Waals surface area contributed by atoms with Crippen molar-refractivity contribution in [3.63, 3.8) is 0 Å². The van der Waals surface area contributed by atoms with Crippen molar-refractivity contribution in [3.8, 4) is 34.2 Å². The molecule has 1 heterocycles. The van der Waals surface area contributed by atoms with E-state index in [1.807, 2.05) is 78.9 Å². The summed E-state index contributed by atoms with van der Waals surface area (Å²) in [6.45, 7) is 1.79. The van der Waals surface area contributed by atoms with Gasteiger partial charge in [-0.2, -0.15) is 0 Å². The monoisotopic (exact) mass is 493 g/mol. The van der Waals surface area contributed by atoms with Gasteiger partial charge in [0.15, 0.2) is 0 Å². The predicted octanol–water partition coefficient (Wildman–Crippen LogP) is 6.91. The van der Waals surface area contributed by atoms with Crippen LogP contribution in [0.1, 0.15) is 12.5 Å². The predicted molar refractivity (Wildman–Crippen MR) is 143 cm³/mol. The molecule has 1 aromatic heterocycles. The Bertz CT molecular complexity index is 1590. The highest BCUT2D eigenvalue weighted by Crippen LogP contribution is 2.27. The molecule has 0 fully saturated rings. The number of aliphatic imine (C=N–C) groups is 1. The molecule has 0 saturated heterocycles. The highest BCUT2D eigenvalue weighted by Gasteiger charge is 2.19. The Morgan fingerprint density at radius 1 is 0.811 bits per heavy atom. The van der Waals surface area contributed by atoms with E-state index in [1.54, 1.807) is 26.2 Å². The third kappa shape index (κ3) is 5.21. The van der Waals surface area contributed by atoms with Crippen LogP contribution in [0.4, 0.5) is 10.1 Å². The van der Waals surface area contributed by atoms with Gasteiger partial charge < -0.3 is 9.47 Å². The first-order valence-corrected chi connectivity index (χ1v) is 11.7. The third-order valence-corrected chi connectivity index (χ3v) is 5.83. The Kier molecular flexibility index (Phi) is 6.68. The fourth-order valence-electron chi connectivity index (χ4n) is 3.97. The lowest BCUT2D eigenvalue weighted by Crippen LogP contribution is -2.19. The first-order chi connectivity index (χ1) is 18.0. The maximum Gasteiger partial charge on any atom is 0.280 e. The average molecular weight is 494 g/mol. The molecular formula is C30H24FN3O3. The van der Waals surface area contributed by atoms with Crippen molar-refractivity contribution >= 4 is 11.4 Å². The van der Waals surface area contributed by atoms with Crippen LogP contribution in [0.5, 0.6) is 17.2 Å². The second kappa shape index (κ2) is 10.4. The van der Waals surface area contributed by atoms with Gasteiger partial charge in [0, 0.05) is 5.56 Å². The van der Waals surface area contributed by atoms with E-state index >= 15 is 0 Å². The maximum atomic E-state index is 13.6. The van der Waals surface area contributed by atoms with Gasteiger partial charge in [-0.3, -0.25) is 14.9 Å². The number of benzene rings is 4. The molecule has 0 aliphatic heterocycles. The van der Waals surface area contributed by atoms with Gasteiger partial charge in [-0.15, -0.1) is 0 Å². The van der Waals surface area contributed by atoms with Crippen LogP contribution in [0, 0.1) is 5.82 Å². The number of hydrogen-bond acceptors (Lipinski definition) is 4. The zero-order chi connectivity index (χ0) is 25.8. The molecule has 6 nitrogen and oxygen atoms in total. The third-order valence-electron chi connectivity index (χ3n) is 5.83. The Morgan fingerprint density at radius 3 is 2.08 bits per heavy atom. The first kappa shape index (κ1) is 23.8. The van der Waals surface area contributed by atoms with E-state index in [0.29, 0.717) is 39.8 Å². The summed E-state index contributed by atoms with van der Waals surface area (Å²) in [6, 6.07) is 30.0. The minimum Gasteiger partial charge on any atom is -0.497 e. The summed E-state index contributed by atoms with van der Waals surface area (Å²) >= 11 is 0. The fraction of sp³-hybridized carbons (Fsp3) is 0.0667. The molecule has 7 heteroatoms. The number of H-pyrrole nitrogens is 1. The molecule has 0 saturated carbocycles. The van der Waals surface area contributed by atoms with Gasteiger partial charge in [-0.05, 0) is 91.9 Å². The highest BCUT2D eigenvalue weighted by atomic mass is 19.1. The number of aromatic nitrogens is 2. The number of methoxy groups -OCH3 is 1. The zero-order valence-corrected chi connectivity index (χ0v) is 20.3. The molecule has 184 valence electrons. The molecule has 37 heavy (non-hydrogen) atoms. The Morgan fingerprint density at radius 2 is 1.43 bits per heavy atom. The van der Waals surface area contributed by atoms with Gasteiger partial charge in [-0.1, -0.05) is 18.2 Å². The van der Waals surface area contributed by atoms with Crippen molar-refractivity contribution in [1.82, 2.24) is 9.78 Å². The number of halogens is 1. The van der Waals surface area contributed by atoms with E-state index in [0.717, 1.165) is 11.3 Å². The Hall–Kier alpha value is -4.91. The van der Waals surface area contributed by atoms with Gasteiger partial charge in [0.2, 0.25) is 0 Å². The molecule has 0 atom stereocenters. The average Bonchev–Trinajstić information content (AvgIpc) is 3.28. The summed E-state index contributed by atoms with van der Waals surface area (Å²) in [5, 5.41) is 3.18. The lowest BCUT2D eigenvalue weighted by atomic mass is 10.0. The van der Waals surface area contributed by atoms with Crippen molar-refractivity contribution < 1.29 is 13.9 Å². The van der Waals surface area contributed by atoms with E-state index in [4.69, 9.17) is 14.5 Å². The van der Waals surface area contributed by atoms with Gasteiger partial charge in [0.05, 0.1) is 35.5 Å². The Labute approximate surface area is 213 Å². The van der Waals surface area contributed by atoms with Crippen LogP contribution in [0.2, 0.25) is 0 Å². The van der Waals surface area contributed by atoms with Crippen LogP contribution in [0.25, 0.3) is 16.9 Å². The number of rotatable bonds is 7. The molecule has 0 radical (unpaired) electrons. The summed E-state index contributed by atoms with van der Waals surface area (Å²) in [5.41, 5.74) is 3.23. The second-order valence-corrected chi connectivity index (χ2v) is 8.31. The van der Waals surface area contributed by atoms with Crippen LogP contribution >= 0.6 is 0 Å². The standard InChI is InChI=1S/C30H24FN3O3/c1-20(32-23-12-18-27(19-13-23)37-26-6-4-3-5-7-26)28-29(21-8-16-25(36-2)17-9-21)33-34(30(28)35)24-14-10-22(31)11-15-24/h3-19,33H,1-2H3. The zero-order valence-electron chi connectivity index (χ0n) is 20.3. The van der Waals surface area contributed by atoms with Crippen LogP contribution in [-0.4, -0.2) is 22.6 Å². The van der Waals surface area contributed by atoms with Gasteiger partial charge >= 0.3 is 0 Å². The van der Waals surface area contributed by atoms with Gasteiger partial charge in [0.1, 0.15) is 23.1 Å². The van der Waals surface area contributed by atoms with Gasteiger partial charge in [-0.25, -0.2) is 9.07 Å². The summed E-state index contributed by atoms with van der Waals surface area (Å²) in [5.74, 6) is 1.75. The number of para-hydroxylation sites is 1. The van der Waals surface area contributed by atoms with Crippen molar-refractivity contribution in [1.29, 1.82) is 0 Å². The second-order valence-electron chi connectivity index (χ2n) is 8.31. The van der Waals surface area contributed by atoms with Crippen LogP contribution in [-0.2, 0) is 0 Å². The summed E-state index contributed by atoms with van der Waals surface area (Å²) in [4.78, 5) is 18.3. The highest BCUT2D eigenvalue weighted by molar-refractivity contribution is 6.04. The lowest BCUT2D eigenvalue weighted by Gasteiger charge is -2.06. The molecule has 0 unspecified atom stereocenters. The Balaban J connectivity index is 1.53. The van der Waals surface area contributed by atoms with Crippen LogP contribution in [0.15, 0.2) is 113 Å². The molecule has 0 aliphatic carbocycles. The molecule has 0 bridgehead atoms. The molecule has 0 spiro atoms. The molecule has 0 amide bonds. The van der Waals surface area contributed by atoms with E-state index in [2.05, 4.69) is 5.10 Å². The normalized spacial score (nSPS) is 11.4. The number of nitrogens with zero attached hydrogens (tertiary/aromatic N) is 2. The molecule has 5 rings (SSSR count). The first-order valence-electron chi connectivity index (χ1n) is 11.7. The quantitative estimate of drug-likeness (QED) is 0.250.